The summed E-state index contributed by atoms with van der Waals surface area (Å²) in [4.78, 5) is 11.9. The van der Waals surface area contributed by atoms with E-state index in [2.05, 4.69) is 10.6 Å². The molecule has 6 nitrogen and oxygen atoms in total. The van der Waals surface area contributed by atoms with E-state index in [9.17, 15) is 4.79 Å². The van der Waals surface area contributed by atoms with Gasteiger partial charge < -0.3 is 24.8 Å². The Kier molecular flexibility index (Phi) is 12.1. The second-order valence-corrected chi connectivity index (χ2v) is 7.52. The van der Waals surface area contributed by atoms with Crippen LogP contribution in [0, 0.1) is 0 Å². The lowest BCUT2D eigenvalue weighted by atomic mass is 10.1. The zero-order valence-corrected chi connectivity index (χ0v) is 18.2. The molecule has 0 unspecified atom stereocenters. The van der Waals surface area contributed by atoms with Gasteiger partial charge in [-0.25, -0.2) is 0 Å². The van der Waals surface area contributed by atoms with Crippen LogP contribution in [0.5, 0.6) is 11.5 Å². The second-order valence-electron chi connectivity index (χ2n) is 7.52. The average molecular weight is 403 g/mol. The van der Waals surface area contributed by atoms with Gasteiger partial charge in [-0.1, -0.05) is 6.07 Å². The molecule has 0 aromatic heterocycles. The third-order valence-electron chi connectivity index (χ3n) is 3.38. The molecule has 1 aromatic carbocycles. The normalized spacial score (nSPS) is 11.1. The Morgan fingerprint density at radius 2 is 1.89 bits per heavy atom. The van der Waals surface area contributed by atoms with Crippen molar-refractivity contribution in [3.63, 3.8) is 0 Å². The van der Waals surface area contributed by atoms with Gasteiger partial charge in [0.1, 0.15) is 0 Å². The Labute approximate surface area is 169 Å². The summed E-state index contributed by atoms with van der Waals surface area (Å²) in [6, 6.07) is 5.73. The maximum absolute atomic E-state index is 11.9. The lowest BCUT2D eigenvalue weighted by Gasteiger charge is -2.20. The molecule has 7 heteroatoms. The fourth-order valence-electron chi connectivity index (χ4n) is 2.29. The van der Waals surface area contributed by atoms with Gasteiger partial charge in [0.25, 0.3) is 5.91 Å². The molecule has 2 N–H and O–H groups in total. The number of rotatable bonds is 11. The third kappa shape index (κ3) is 11.7. The maximum Gasteiger partial charge on any atom is 0.258 e. The minimum atomic E-state index is -0.278. The summed E-state index contributed by atoms with van der Waals surface area (Å²) < 4.78 is 16.5. The van der Waals surface area contributed by atoms with E-state index in [0.29, 0.717) is 11.5 Å². The molecule has 0 heterocycles. The fraction of sp³-hybridized carbons (Fsp3) is 0.650. The molecule has 0 radical (unpaired) electrons. The number of amides is 1. The van der Waals surface area contributed by atoms with Crippen LogP contribution in [-0.4, -0.2) is 44.4 Å². The number of carbonyl (C=O) groups excluding carboxylic acids is 1. The van der Waals surface area contributed by atoms with Crippen molar-refractivity contribution in [1.29, 1.82) is 0 Å². The zero-order valence-electron chi connectivity index (χ0n) is 17.4. The van der Waals surface area contributed by atoms with Crippen LogP contribution < -0.4 is 20.1 Å². The Balaban J connectivity index is 0.00000676. The Morgan fingerprint density at radius 3 is 2.48 bits per heavy atom. The van der Waals surface area contributed by atoms with E-state index in [0.717, 1.165) is 31.7 Å². The summed E-state index contributed by atoms with van der Waals surface area (Å²) in [5.74, 6) is 1.02. The van der Waals surface area contributed by atoms with Crippen molar-refractivity contribution in [3.05, 3.63) is 23.8 Å². The molecule has 0 aliphatic heterocycles. The van der Waals surface area contributed by atoms with Crippen molar-refractivity contribution in [2.75, 3.05) is 26.9 Å². The van der Waals surface area contributed by atoms with Crippen LogP contribution in [-0.2, 0) is 16.1 Å². The van der Waals surface area contributed by atoms with Gasteiger partial charge in [-0.3, -0.25) is 4.79 Å². The maximum atomic E-state index is 11.9. The molecular formula is C20H35ClN2O4. The first-order chi connectivity index (χ1) is 12.2. The van der Waals surface area contributed by atoms with Gasteiger partial charge >= 0.3 is 0 Å². The fourth-order valence-corrected chi connectivity index (χ4v) is 2.29. The number of benzene rings is 1. The monoisotopic (exact) mass is 402 g/mol. The molecule has 1 rings (SSSR count). The van der Waals surface area contributed by atoms with Crippen LogP contribution in [0.1, 0.15) is 46.6 Å². The highest BCUT2D eigenvalue weighted by molar-refractivity contribution is 5.85. The molecule has 0 aliphatic rings. The molecule has 0 atom stereocenters. The van der Waals surface area contributed by atoms with Crippen LogP contribution in [0.25, 0.3) is 0 Å². The number of ether oxygens (including phenoxy) is 3. The van der Waals surface area contributed by atoms with E-state index >= 15 is 0 Å². The van der Waals surface area contributed by atoms with Gasteiger partial charge in [-0.15, -0.1) is 12.4 Å². The van der Waals surface area contributed by atoms with Crippen molar-refractivity contribution >= 4 is 18.3 Å². The molecule has 27 heavy (non-hydrogen) atoms. The second kappa shape index (κ2) is 12.8. The summed E-state index contributed by atoms with van der Waals surface area (Å²) in [5.41, 5.74) is 0.818. The number of nitrogens with one attached hydrogen (secondary N) is 2. The minimum Gasteiger partial charge on any atom is -0.493 e. The van der Waals surface area contributed by atoms with E-state index in [4.69, 9.17) is 14.2 Å². The number of halogens is 1. The van der Waals surface area contributed by atoms with Crippen LogP contribution in [0.3, 0.4) is 0 Å². The zero-order chi connectivity index (χ0) is 19.6. The topological polar surface area (TPSA) is 68.8 Å². The van der Waals surface area contributed by atoms with E-state index in [-0.39, 0.29) is 36.6 Å². The van der Waals surface area contributed by atoms with Gasteiger partial charge in [-0.05, 0) is 65.3 Å². The third-order valence-corrected chi connectivity index (χ3v) is 3.38. The molecule has 0 spiro atoms. The highest BCUT2D eigenvalue weighted by Gasteiger charge is 2.15. The number of methoxy groups -OCH3 is 1. The number of hydrogen-bond acceptors (Lipinski definition) is 5. The summed E-state index contributed by atoms with van der Waals surface area (Å²) in [7, 11) is 1.60. The first kappa shape index (κ1) is 25.5. The SMILES string of the molecule is COc1cc(CNCCCOC(C)C)ccc1OCC(=O)NC(C)(C)C.Cl. The molecule has 0 saturated carbocycles. The Bertz CT molecular complexity index is 559. The van der Waals surface area contributed by atoms with Crippen molar-refractivity contribution in [2.45, 2.75) is 59.2 Å². The van der Waals surface area contributed by atoms with Crippen molar-refractivity contribution in [1.82, 2.24) is 10.6 Å². The molecule has 0 saturated heterocycles. The van der Waals surface area contributed by atoms with E-state index < -0.39 is 0 Å². The van der Waals surface area contributed by atoms with Gasteiger partial charge in [0.2, 0.25) is 0 Å². The molecular weight excluding hydrogens is 368 g/mol. The smallest absolute Gasteiger partial charge is 0.258 e. The van der Waals surface area contributed by atoms with Crippen LogP contribution in [0.15, 0.2) is 18.2 Å². The molecule has 0 fully saturated rings. The van der Waals surface area contributed by atoms with Crippen LogP contribution in [0.4, 0.5) is 0 Å². The quantitative estimate of drug-likeness (QED) is 0.556. The van der Waals surface area contributed by atoms with Gasteiger partial charge in [-0.2, -0.15) is 0 Å². The first-order valence-electron chi connectivity index (χ1n) is 9.14. The summed E-state index contributed by atoms with van der Waals surface area (Å²) >= 11 is 0. The van der Waals surface area contributed by atoms with Gasteiger partial charge in [0.15, 0.2) is 18.1 Å². The highest BCUT2D eigenvalue weighted by atomic mass is 35.5. The molecule has 0 aliphatic carbocycles. The first-order valence-corrected chi connectivity index (χ1v) is 9.14. The lowest BCUT2D eigenvalue weighted by molar-refractivity contribution is -0.124. The lowest BCUT2D eigenvalue weighted by Crippen LogP contribution is -2.43. The standard InChI is InChI=1S/C20H34N2O4.ClH/c1-15(2)25-11-7-10-21-13-16-8-9-17(18(12-16)24-6)26-14-19(23)22-20(3,4)5;/h8-9,12,15,21H,7,10-11,13-14H2,1-6H3,(H,22,23);1H. The predicted molar refractivity (Wildman–Crippen MR) is 111 cm³/mol. The summed E-state index contributed by atoms with van der Waals surface area (Å²) in [6.07, 6.45) is 1.25. The Hall–Kier alpha value is -1.50. The van der Waals surface area contributed by atoms with Gasteiger partial charge in [0, 0.05) is 18.7 Å². The Morgan fingerprint density at radius 1 is 1.19 bits per heavy atom. The van der Waals surface area contributed by atoms with Crippen molar-refractivity contribution < 1.29 is 19.0 Å². The molecule has 0 bridgehead atoms. The summed E-state index contributed by atoms with van der Waals surface area (Å²) in [6.45, 7) is 12.2. The molecule has 1 amide bonds. The largest absolute Gasteiger partial charge is 0.493 e. The minimum absolute atomic E-state index is 0. The molecule has 156 valence electrons. The van der Waals surface area contributed by atoms with Crippen LogP contribution >= 0.6 is 12.4 Å². The van der Waals surface area contributed by atoms with Crippen molar-refractivity contribution in [2.24, 2.45) is 0 Å². The average Bonchev–Trinajstić information content (AvgIpc) is 2.54. The molecule has 1 aromatic rings. The van der Waals surface area contributed by atoms with E-state index in [1.807, 2.05) is 52.8 Å². The van der Waals surface area contributed by atoms with Crippen molar-refractivity contribution in [3.8, 4) is 11.5 Å². The van der Waals surface area contributed by atoms with Gasteiger partial charge in [0.05, 0.1) is 13.2 Å². The summed E-state index contributed by atoms with van der Waals surface area (Å²) in [5, 5.41) is 6.25. The van der Waals surface area contributed by atoms with Crippen LogP contribution in [0.2, 0.25) is 0 Å². The number of hydrogen-bond donors (Lipinski definition) is 2. The highest BCUT2D eigenvalue weighted by Crippen LogP contribution is 2.28. The predicted octanol–water partition coefficient (Wildman–Crippen LogP) is 3.32. The van der Waals surface area contributed by atoms with E-state index in [1.165, 1.54) is 0 Å². The number of carbonyl (C=O) groups is 1. The van der Waals surface area contributed by atoms with E-state index in [1.54, 1.807) is 7.11 Å².